The molecule has 41 heavy (non-hydrogen) atoms. The molecule has 3 atom stereocenters. The molecule has 0 fully saturated rings. The fraction of sp³-hybridized carbons (Fsp3) is 0.676. The molecular weight excluding hydrogens is 514 g/mol. The normalized spacial score (nSPS) is 13.4. The highest BCUT2D eigenvalue weighted by Crippen LogP contribution is 2.28. The fourth-order valence-corrected chi connectivity index (χ4v) is 4.73. The van der Waals surface area contributed by atoms with Crippen LogP contribution in [0.1, 0.15) is 130 Å². The number of amides is 3. The van der Waals surface area contributed by atoms with E-state index < -0.39 is 23.8 Å². The maximum atomic E-state index is 14.4. The summed E-state index contributed by atoms with van der Waals surface area (Å²) in [6, 6.07) is 5.52. The molecule has 0 aliphatic carbocycles. The number of benzene rings is 1. The summed E-state index contributed by atoms with van der Waals surface area (Å²) in [6.45, 7) is 14.4. The number of nitrogens with zero attached hydrogens (tertiary/aromatic N) is 1. The van der Waals surface area contributed by atoms with Crippen molar-refractivity contribution < 1.29 is 19.1 Å². The fourth-order valence-electron chi connectivity index (χ4n) is 4.73. The quantitative estimate of drug-likeness (QED) is 0.145. The number of carbonyl (C=O) groups is 3. The first-order chi connectivity index (χ1) is 19.5. The second-order valence-electron chi connectivity index (χ2n) is 11.9. The van der Waals surface area contributed by atoms with Crippen LogP contribution < -0.4 is 10.6 Å². The van der Waals surface area contributed by atoms with Crippen LogP contribution in [0, 0.1) is 18.3 Å². The Hall–Kier alpha value is -3.01. The predicted octanol–water partition coefficient (Wildman–Crippen LogP) is 7.14. The van der Waals surface area contributed by atoms with Gasteiger partial charge in [-0.2, -0.15) is 0 Å². The van der Waals surface area contributed by atoms with Crippen LogP contribution in [0.5, 0.6) is 0 Å². The van der Waals surface area contributed by atoms with Gasteiger partial charge in [0.2, 0.25) is 11.8 Å². The molecule has 2 N–H and O–H groups in total. The number of terminal acetylenes is 1. The topological polar surface area (TPSA) is 87.7 Å². The molecule has 230 valence electrons. The molecule has 0 spiro atoms. The van der Waals surface area contributed by atoms with Crippen molar-refractivity contribution in [2.24, 2.45) is 5.92 Å². The molecule has 0 heterocycles. The van der Waals surface area contributed by atoms with Crippen LogP contribution in [0.4, 0.5) is 4.79 Å². The van der Waals surface area contributed by atoms with Crippen LogP contribution in [0.3, 0.4) is 0 Å². The Balaban J connectivity index is 3.52. The number of hydrogen-bond acceptors (Lipinski definition) is 4. The van der Waals surface area contributed by atoms with Crippen molar-refractivity contribution in [1.82, 2.24) is 15.5 Å². The highest BCUT2D eigenvalue weighted by atomic mass is 16.6. The summed E-state index contributed by atoms with van der Waals surface area (Å²) in [5.41, 5.74) is 0.474. The van der Waals surface area contributed by atoms with E-state index in [1.54, 1.807) is 31.7 Å². The Morgan fingerprint density at radius 2 is 1.56 bits per heavy atom. The van der Waals surface area contributed by atoms with Crippen LogP contribution in [-0.2, 0) is 14.3 Å². The van der Waals surface area contributed by atoms with E-state index >= 15 is 0 Å². The summed E-state index contributed by atoms with van der Waals surface area (Å²) in [6.07, 6.45) is 15.0. The smallest absolute Gasteiger partial charge is 0.408 e. The zero-order valence-corrected chi connectivity index (χ0v) is 26.7. The predicted molar refractivity (Wildman–Crippen MR) is 167 cm³/mol. The van der Waals surface area contributed by atoms with Gasteiger partial charge in [-0.05, 0) is 51.2 Å². The maximum absolute atomic E-state index is 14.4. The van der Waals surface area contributed by atoms with Crippen LogP contribution in [0.15, 0.2) is 24.3 Å². The minimum Gasteiger partial charge on any atom is -0.444 e. The van der Waals surface area contributed by atoms with E-state index in [1.807, 2.05) is 32.0 Å². The van der Waals surface area contributed by atoms with Gasteiger partial charge in [-0.3, -0.25) is 9.59 Å². The van der Waals surface area contributed by atoms with Gasteiger partial charge < -0.3 is 20.3 Å². The average Bonchev–Trinajstić information content (AvgIpc) is 2.93. The minimum atomic E-state index is -0.918. The van der Waals surface area contributed by atoms with Gasteiger partial charge in [-0.25, -0.2) is 4.79 Å². The van der Waals surface area contributed by atoms with Crippen molar-refractivity contribution in [3.8, 4) is 12.3 Å². The second kappa shape index (κ2) is 19.2. The Kier molecular flexibility index (Phi) is 16.8. The van der Waals surface area contributed by atoms with Crippen LogP contribution in [0.25, 0.3) is 0 Å². The lowest BCUT2D eigenvalue weighted by Crippen LogP contribution is -2.55. The van der Waals surface area contributed by atoms with Gasteiger partial charge in [0.25, 0.3) is 0 Å². The van der Waals surface area contributed by atoms with Crippen molar-refractivity contribution in [2.75, 3.05) is 13.1 Å². The van der Waals surface area contributed by atoms with Crippen molar-refractivity contribution in [1.29, 1.82) is 0 Å². The molecule has 3 unspecified atom stereocenters. The van der Waals surface area contributed by atoms with Gasteiger partial charge in [0.1, 0.15) is 17.7 Å². The second-order valence-corrected chi connectivity index (χ2v) is 11.9. The molecule has 7 nitrogen and oxygen atoms in total. The molecule has 1 aromatic carbocycles. The summed E-state index contributed by atoms with van der Waals surface area (Å²) >= 11 is 0. The lowest BCUT2D eigenvalue weighted by molar-refractivity contribution is -0.143. The lowest BCUT2D eigenvalue weighted by Gasteiger charge is -2.36. The summed E-state index contributed by atoms with van der Waals surface area (Å²) in [4.78, 5) is 42.8. The first kappa shape index (κ1) is 36.0. The monoisotopic (exact) mass is 569 g/mol. The molecule has 3 amide bonds. The number of carbonyl (C=O) groups excluding carboxylic acids is 3. The standard InChI is InChI=1S/C34H55N3O4/c1-9-13-15-16-17-21-25-37(32(39)29(26(5)11-3)36-33(40)41-34(6,7)8)30(31(38)35-24-20-14-10-2)28-23-19-18-22-27(28)12-4/h4,18-19,22-23,26,29-30H,9-11,13-17,20-21,24-25H2,1-3,5-8H3,(H,35,38)(H,36,40). The molecule has 0 saturated carbocycles. The zero-order valence-electron chi connectivity index (χ0n) is 26.7. The number of rotatable bonds is 18. The molecule has 0 radical (unpaired) electrons. The van der Waals surface area contributed by atoms with Gasteiger partial charge >= 0.3 is 6.09 Å². The third kappa shape index (κ3) is 13.0. The zero-order chi connectivity index (χ0) is 30.8. The van der Waals surface area contributed by atoms with E-state index in [2.05, 4.69) is 30.4 Å². The third-order valence-corrected chi connectivity index (χ3v) is 7.24. The van der Waals surface area contributed by atoms with E-state index in [-0.39, 0.29) is 17.7 Å². The molecule has 0 bridgehead atoms. The number of nitrogens with one attached hydrogen (secondary N) is 2. The van der Waals surface area contributed by atoms with Gasteiger partial charge in [0.15, 0.2) is 0 Å². The number of alkyl carbamates (subject to hydrolysis) is 1. The summed E-state index contributed by atoms with van der Waals surface area (Å²) in [5, 5.41) is 5.89. The van der Waals surface area contributed by atoms with E-state index in [4.69, 9.17) is 11.2 Å². The summed E-state index contributed by atoms with van der Waals surface area (Å²) < 4.78 is 5.51. The Morgan fingerprint density at radius 1 is 0.951 bits per heavy atom. The Morgan fingerprint density at radius 3 is 2.17 bits per heavy atom. The molecule has 1 rings (SSSR count). The van der Waals surface area contributed by atoms with Crippen molar-refractivity contribution in [3.63, 3.8) is 0 Å². The maximum Gasteiger partial charge on any atom is 0.408 e. The highest BCUT2D eigenvalue weighted by molar-refractivity contribution is 5.92. The first-order valence-electron chi connectivity index (χ1n) is 15.6. The number of hydrogen-bond donors (Lipinski definition) is 2. The van der Waals surface area contributed by atoms with Crippen molar-refractivity contribution in [2.45, 2.75) is 130 Å². The van der Waals surface area contributed by atoms with Crippen LogP contribution >= 0.6 is 0 Å². The molecule has 0 saturated heterocycles. The molecule has 0 aliphatic heterocycles. The van der Waals surface area contributed by atoms with E-state index in [9.17, 15) is 14.4 Å². The van der Waals surface area contributed by atoms with Crippen LogP contribution in [0.2, 0.25) is 0 Å². The van der Waals surface area contributed by atoms with Gasteiger partial charge in [0, 0.05) is 18.7 Å². The van der Waals surface area contributed by atoms with Crippen LogP contribution in [-0.4, -0.2) is 47.5 Å². The molecule has 0 aliphatic rings. The van der Waals surface area contributed by atoms with Gasteiger partial charge in [-0.15, -0.1) is 6.42 Å². The average molecular weight is 570 g/mol. The highest BCUT2D eigenvalue weighted by Gasteiger charge is 2.38. The number of ether oxygens (including phenoxy) is 1. The van der Waals surface area contributed by atoms with Gasteiger partial charge in [-0.1, -0.05) is 103 Å². The summed E-state index contributed by atoms with van der Waals surface area (Å²) in [5.74, 6) is 1.96. The molecule has 7 heteroatoms. The first-order valence-corrected chi connectivity index (χ1v) is 15.6. The largest absolute Gasteiger partial charge is 0.444 e. The van der Waals surface area contributed by atoms with Gasteiger partial charge in [0.05, 0.1) is 0 Å². The van der Waals surface area contributed by atoms with Crippen molar-refractivity contribution >= 4 is 17.9 Å². The van der Waals surface area contributed by atoms with E-state index in [0.29, 0.717) is 30.6 Å². The minimum absolute atomic E-state index is 0.182. The third-order valence-electron chi connectivity index (χ3n) is 7.24. The number of unbranched alkanes of at least 4 members (excludes halogenated alkanes) is 7. The van der Waals surface area contributed by atoms with Crippen molar-refractivity contribution in [3.05, 3.63) is 35.4 Å². The Bertz CT molecular complexity index is 979. The lowest BCUT2D eigenvalue weighted by atomic mass is 9.94. The SMILES string of the molecule is C#Cc1ccccc1C(C(=O)NCCCCC)N(CCCCCCCC)C(=O)C(NC(=O)OC(C)(C)C)C(C)CC. The Labute approximate surface area is 249 Å². The molecular formula is C34H55N3O4. The van der Waals surface area contributed by atoms with E-state index in [0.717, 1.165) is 51.4 Å². The molecule has 1 aromatic rings. The summed E-state index contributed by atoms with van der Waals surface area (Å²) in [7, 11) is 0. The van der Waals surface area contributed by atoms with E-state index in [1.165, 1.54) is 6.42 Å². The molecule has 0 aromatic heterocycles.